The van der Waals surface area contributed by atoms with E-state index < -0.39 is 25.2 Å². The van der Waals surface area contributed by atoms with Crippen molar-refractivity contribution < 1.29 is 32.9 Å². The maximum Gasteiger partial charge on any atom is 0.401 e. The van der Waals surface area contributed by atoms with E-state index in [2.05, 4.69) is 0 Å². The zero-order valence-electron chi connectivity index (χ0n) is 11.4. The molecule has 0 aliphatic rings. The molecule has 21 heavy (non-hydrogen) atoms. The summed E-state index contributed by atoms with van der Waals surface area (Å²) in [7, 11) is 0. The summed E-state index contributed by atoms with van der Waals surface area (Å²) in [4.78, 5) is 11.4. The molecule has 8 heteroatoms. The average molecular weight is 307 g/mol. The summed E-state index contributed by atoms with van der Waals surface area (Å²) in [5, 5.41) is 18.2. The second kappa shape index (κ2) is 7.16. The molecule has 0 aliphatic heterocycles. The molecule has 0 spiro atoms. The molecule has 0 bridgehead atoms. The Morgan fingerprint density at radius 3 is 2.57 bits per heavy atom. The molecule has 1 rings (SSSR count). The molecule has 0 aliphatic carbocycles. The normalized spacial score (nSPS) is 11.7. The molecule has 0 amide bonds. The first-order valence-corrected chi connectivity index (χ1v) is 6.17. The fraction of sp³-hybridized carbons (Fsp3) is 0.462. The van der Waals surface area contributed by atoms with Crippen LogP contribution in [0.1, 0.15) is 12.5 Å². The predicted octanol–water partition coefficient (Wildman–Crippen LogP) is 2.24. The number of hydrogen-bond acceptors (Lipinski definition) is 4. The van der Waals surface area contributed by atoms with Crippen LogP contribution in [0.4, 0.5) is 13.2 Å². The molecule has 0 heterocycles. The monoisotopic (exact) mass is 307 g/mol. The number of phenolic OH excluding ortho intramolecular Hbond substituents is 1. The maximum atomic E-state index is 12.4. The largest absolute Gasteiger partial charge is 0.504 e. The first-order valence-electron chi connectivity index (χ1n) is 6.17. The number of hydrogen-bond donors (Lipinski definition) is 2. The standard InChI is InChI=1S/C13H16F3NO4/c1-2-21-11-5-9(3-4-10(11)18)6-17(7-12(19)20)8-13(14,15)16/h3-5,18H,2,6-8H2,1H3,(H,19,20). The Kier molecular flexibility index (Phi) is 5.83. The van der Waals surface area contributed by atoms with Crippen molar-refractivity contribution in [3.63, 3.8) is 0 Å². The van der Waals surface area contributed by atoms with Crippen LogP contribution in [0.25, 0.3) is 0 Å². The minimum absolute atomic E-state index is 0.124. The van der Waals surface area contributed by atoms with E-state index in [1.54, 1.807) is 6.92 Å². The minimum atomic E-state index is -4.49. The van der Waals surface area contributed by atoms with Crippen molar-refractivity contribution in [3.05, 3.63) is 23.8 Å². The van der Waals surface area contributed by atoms with E-state index in [1.165, 1.54) is 18.2 Å². The molecule has 0 radical (unpaired) electrons. The summed E-state index contributed by atoms with van der Waals surface area (Å²) in [5.41, 5.74) is 0.418. The number of aliphatic carboxylic acids is 1. The number of alkyl halides is 3. The SMILES string of the molecule is CCOc1cc(CN(CC(=O)O)CC(F)(F)F)ccc1O. The summed E-state index contributed by atoms with van der Waals surface area (Å²) >= 11 is 0. The molecule has 0 saturated carbocycles. The fourth-order valence-electron chi connectivity index (χ4n) is 1.80. The molecule has 0 aromatic heterocycles. The number of halogens is 3. The van der Waals surface area contributed by atoms with E-state index in [-0.39, 0.29) is 18.0 Å². The van der Waals surface area contributed by atoms with E-state index in [1.807, 2.05) is 0 Å². The maximum absolute atomic E-state index is 12.4. The van der Waals surface area contributed by atoms with Gasteiger partial charge >= 0.3 is 12.1 Å². The van der Waals surface area contributed by atoms with E-state index in [4.69, 9.17) is 9.84 Å². The number of benzene rings is 1. The molecule has 0 fully saturated rings. The summed E-state index contributed by atoms with van der Waals surface area (Å²) in [6, 6.07) is 4.11. The zero-order chi connectivity index (χ0) is 16.0. The van der Waals surface area contributed by atoms with E-state index >= 15 is 0 Å². The summed E-state index contributed by atoms with van der Waals surface area (Å²) in [6.45, 7) is -0.286. The second-order valence-electron chi connectivity index (χ2n) is 4.39. The van der Waals surface area contributed by atoms with Crippen LogP contribution in [0.2, 0.25) is 0 Å². The van der Waals surface area contributed by atoms with E-state index in [0.29, 0.717) is 12.2 Å². The number of aromatic hydroxyl groups is 1. The first kappa shape index (κ1) is 17.1. The van der Waals surface area contributed by atoms with Gasteiger partial charge in [0.05, 0.1) is 19.7 Å². The molecule has 0 atom stereocenters. The van der Waals surface area contributed by atoms with Gasteiger partial charge in [-0.05, 0) is 24.6 Å². The topological polar surface area (TPSA) is 70.0 Å². The highest BCUT2D eigenvalue weighted by Gasteiger charge is 2.31. The summed E-state index contributed by atoms with van der Waals surface area (Å²) in [6.07, 6.45) is -4.49. The van der Waals surface area contributed by atoms with Crippen molar-refractivity contribution >= 4 is 5.97 Å². The smallest absolute Gasteiger partial charge is 0.401 e. The quantitative estimate of drug-likeness (QED) is 0.808. The van der Waals surface area contributed by atoms with E-state index in [9.17, 15) is 23.1 Å². The van der Waals surface area contributed by atoms with Crippen LogP contribution in [0.15, 0.2) is 18.2 Å². The number of carbonyl (C=O) groups is 1. The number of carboxylic acid groups (broad SMARTS) is 1. The van der Waals surface area contributed by atoms with Gasteiger partial charge in [0.15, 0.2) is 11.5 Å². The van der Waals surface area contributed by atoms with Gasteiger partial charge in [0, 0.05) is 6.54 Å². The fourth-order valence-corrected chi connectivity index (χ4v) is 1.80. The summed E-state index contributed by atoms with van der Waals surface area (Å²) < 4.78 is 42.4. The van der Waals surface area contributed by atoms with Gasteiger partial charge in [-0.25, -0.2) is 0 Å². The van der Waals surface area contributed by atoms with Gasteiger partial charge in [-0.1, -0.05) is 6.07 Å². The minimum Gasteiger partial charge on any atom is -0.504 e. The Morgan fingerprint density at radius 2 is 2.05 bits per heavy atom. The highest BCUT2D eigenvalue weighted by Crippen LogP contribution is 2.28. The highest BCUT2D eigenvalue weighted by molar-refractivity contribution is 5.69. The van der Waals surface area contributed by atoms with Gasteiger partial charge in [0.2, 0.25) is 0 Å². The van der Waals surface area contributed by atoms with Crippen molar-refractivity contribution in [3.8, 4) is 11.5 Å². The number of carboxylic acids is 1. The molecular weight excluding hydrogens is 291 g/mol. The van der Waals surface area contributed by atoms with Crippen LogP contribution >= 0.6 is 0 Å². The lowest BCUT2D eigenvalue weighted by Gasteiger charge is -2.22. The Hall–Kier alpha value is -1.96. The number of nitrogens with zero attached hydrogens (tertiary/aromatic N) is 1. The lowest BCUT2D eigenvalue weighted by Crippen LogP contribution is -2.37. The average Bonchev–Trinajstić information content (AvgIpc) is 2.30. The Balaban J connectivity index is 2.87. The Morgan fingerprint density at radius 1 is 1.38 bits per heavy atom. The molecular formula is C13H16F3NO4. The molecule has 1 aromatic carbocycles. The van der Waals surface area contributed by atoms with E-state index in [0.717, 1.165) is 4.90 Å². The van der Waals surface area contributed by atoms with Crippen LogP contribution in [0.3, 0.4) is 0 Å². The van der Waals surface area contributed by atoms with Gasteiger partial charge in [0.1, 0.15) is 0 Å². The zero-order valence-corrected chi connectivity index (χ0v) is 11.4. The predicted molar refractivity (Wildman–Crippen MR) is 68.2 cm³/mol. The van der Waals surface area contributed by atoms with Crippen molar-refractivity contribution in [2.45, 2.75) is 19.6 Å². The third-order valence-corrected chi connectivity index (χ3v) is 2.49. The first-order chi connectivity index (χ1) is 9.71. The molecule has 5 nitrogen and oxygen atoms in total. The lowest BCUT2D eigenvalue weighted by atomic mass is 10.2. The lowest BCUT2D eigenvalue weighted by molar-refractivity contribution is -0.154. The number of rotatable bonds is 7. The number of phenols is 1. The van der Waals surface area contributed by atoms with Gasteiger partial charge in [0.25, 0.3) is 0 Å². The van der Waals surface area contributed by atoms with Gasteiger partial charge in [-0.15, -0.1) is 0 Å². The van der Waals surface area contributed by atoms with Crippen LogP contribution < -0.4 is 4.74 Å². The van der Waals surface area contributed by atoms with Crippen molar-refractivity contribution in [1.29, 1.82) is 0 Å². The van der Waals surface area contributed by atoms with Crippen LogP contribution in [-0.2, 0) is 11.3 Å². The summed E-state index contributed by atoms with van der Waals surface area (Å²) in [5.74, 6) is -1.32. The van der Waals surface area contributed by atoms with Crippen molar-refractivity contribution in [2.24, 2.45) is 0 Å². The van der Waals surface area contributed by atoms with Crippen LogP contribution in [0.5, 0.6) is 11.5 Å². The Bertz CT molecular complexity index is 491. The Labute approximate surface area is 119 Å². The molecule has 0 unspecified atom stereocenters. The molecule has 2 N–H and O–H groups in total. The van der Waals surface area contributed by atoms with Crippen LogP contribution in [-0.4, -0.2) is 47.0 Å². The highest BCUT2D eigenvalue weighted by atomic mass is 19.4. The second-order valence-corrected chi connectivity index (χ2v) is 4.39. The third-order valence-electron chi connectivity index (χ3n) is 2.49. The van der Waals surface area contributed by atoms with Crippen molar-refractivity contribution in [1.82, 2.24) is 4.90 Å². The van der Waals surface area contributed by atoms with Gasteiger partial charge in [-0.3, -0.25) is 9.69 Å². The van der Waals surface area contributed by atoms with Crippen molar-refractivity contribution in [2.75, 3.05) is 19.7 Å². The molecule has 118 valence electrons. The van der Waals surface area contributed by atoms with Gasteiger partial charge < -0.3 is 14.9 Å². The number of ether oxygens (including phenoxy) is 1. The molecule has 1 aromatic rings. The molecule has 0 saturated heterocycles. The van der Waals surface area contributed by atoms with Crippen LogP contribution in [0, 0.1) is 0 Å². The van der Waals surface area contributed by atoms with Gasteiger partial charge in [-0.2, -0.15) is 13.2 Å². The third kappa shape index (κ3) is 6.35.